The summed E-state index contributed by atoms with van der Waals surface area (Å²) in [6, 6.07) is 5.84. The van der Waals surface area contributed by atoms with E-state index in [9.17, 15) is 9.18 Å². The van der Waals surface area contributed by atoms with Crippen LogP contribution in [-0.4, -0.2) is 18.1 Å². The number of anilines is 1. The van der Waals surface area contributed by atoms with Crippen molar-refractivity contribution >= 4 is 11.7 Å². The van der Waals surface area contributed by atoms with Gasteiger partial charge in [0.25, 0.3) is 0 Å². The maximum Gasteiger partial charge on any atom is 0.338 e. The molecule has 0 amide bonds. The van der Waals surface area contributed by atoms with Crippen molar-refractivity contribution in [1.82, 2.24) is 4.98 Å². The number of carbonyl (C=O) groups excluding carboxylic acids is 1. The lowest BCUT2D eigenvalue weighted by atomic mass is 10.2. The minimum atomic E-state index is -0.570. The molecule has 6 heteroatoms. The number of esters is 1. The minimum Gasteiger partial charge on any atom is -0.497 e. The van der Waals surface area contributed by atoms with Gasteiger partial charge < -0.3 is 15.2 Å². The highest BCUT2D eigenvalue weighted by molar-refractivity contribution is 5.91. The highest BCUT2D eigenvalue weighted by Gasteiger charge is 2.10. The van der Waals surface area contributed by atoms with E-state index in [-0.39, 0.29) is 12.2 Å². The second kappa shape index (κ2) is 6.01. The van der Waals surface area contributed by atoms with Crippen molar-refractivity contribution in [3.63, 3.8) is 0 Å². The molecule has 2 aromatic rings. The second-order valence-electron chi connectivity index (χ2n) is 4.08. The van der Waals surface area contributed by atoms with Gasteiger partial charge in [-0.05, 0) is 18.2 Å². The van der Waals surface area contributed by atoms with Gasteiger partial charge in [0.05, 0.1) is 18.9 Å². The Hall–Kier alpha value is -2.63. The summed E-state index contributed by atoms with van der Waals surface area (Å²) in [4.78, 5) is 15.5. The fraction of sp³-hybridized carbons (Fsp3) is 0.143. The van der Waals surface area contributed by atoms with Gasteiger partial charge in [-0.15, -0.1) is 0 Å². The van der Waals surface area contributed by atoms with Gasteiger partial charge in [-0.25, -0.2) is 9.18 Å². The quantitative estimate of drug-likeness (QED) is 0.684. The van der Waals surface area contributed by atoms with Crippen LogP contribution in [0.4, 0.5) is 10.1 Å². The summed E-state index contributed by atoms with van der Waals surface area (Å²) in [7, 11) is 1.47. The first kappa shape index (κ1) is 13.8. The lowest BCUT2D eigenvalue weighted by Crippen LogP contribution is -2.06. The molecular weight excluding hydrogens is 263 g/mol. The zero-order chi connectivity index (χ0) is 14.5. The number of nitrogens with zero attached hydrogens (tertiary/aromatic N) is 1. The third-order valence-electron chi connectivity index (χ3n) is 2.53. The zero-order valence-corrected chi connectivity index (χ0v) is 10.8. The smallest absolute Gasteiger partial charge is 0.338 e. The Morgan fingerprint density at radius 2 is 2.10 bits per heavy atom. The number of methoxy groups -OCH3 is 1. The Labute approximate surface area is 115 Å². The third kappa shape index (κ3) is 3.44. The van der Waals surface area contributed by atoms with Crippen molar-refractivity contribution in [3.05, 3.63) is 53.6 Å². The lowest BCUT2D eigenvalue weighted by molar-refractivity contribution is 0.0471. The van der Waals surface area contributed by atoms with E-state index < -0.39 is 11.8 Å². The number of nitrogens with two attached hydrogens (primary N) is 1. The van der Waals surface area contributed by atoms with E-state index in [1.165, 1.54) is 31.5 Å². The van der Waals surface area contributed by atoms with Crippen LogP contribution in [0.2, 0.25) is 0 Å². The van der Waals surface area contributed by atoms with Gasteiger partial charge >= 0.3 is 5.97 Å². The molecule has 0 aliphatic heterocycles. The molecule has 1 aromatic heterocycles. The first-order valence-electron chi connectivity index (χ1n) is 5.79. The molecule has 0 radical (unpaired) electrons. The maximum absolute atomic E-state index is 12.9. The van der Waals surface area contributed by atoms with Crippen molar-refractivity contribution in [2.75, 3.05) is 12.8 Å². The number of aromatic nitrogens is 1. The van der Waals surface area contributed by atoms with Crippen LogP contribution in [0.25, 0.3) is 0 Å². The fourth-order valence-electron chi connectivity index (χ4n) is 1.62. The largest absolute Gasteiger partial charge is 0.497 e. The summed E-state index contributed by atoms with van der Waals surface area (Å²) in [6.45, 7) is -0.0687. The van der Waals surface area contributed by atoms with E-state index in [0.29, 0.717) is 17.0 Å². The summed E-state index contributed by atoms with van der Waals surface area (Å²) in [5.74, 6) is -0.589. The van der Waals surface area contributed by atoms with Gasteiger partial charge in [0.1, 0.15) is 18.2 Å². The van der Waals surface area contributed by atoms with Crippen LogP contribution < -0.4 is 10.5 Å². The van der Waals surface area contributed by atoms with Crippen LogP contribution in [0.5, 0.6) is 5.75 Å². The Balaban J connectivity index is 2.07. The molecule has 0 unspecified atom stereocenters. The Morgan fingerprint density at radius 3 is 2.80 bits per heavy atom. The first-order valence-corrected chi connectivity index (χ1v) is 5.79. The van der Waals surface area contributed by atoms with Gasteiger partial charge in [-0.2, -0.15) is 0 Å². The molecule has 0 aliphatic carbocycles. The molecule has 0 saturated carbocycles. The monoisotopic (exact) mass is 276 g/mol. The van der Waals surface area contributed by atoms with E-state index in [0.717, 1.165) is 6.20 Å². The molecule has 1 aromatic carbocycles. The number of carbonyl (C=O) groups is 1. The number of ether oxygens (including phenoxy) is 2. The molecule has 20 heavy (non-hydrogen) atoms. The van der Waals surface area contributed by atoms with Crippen molar-refractivity contribution in [2.45, 2.75) is 6.61 Å². The zero-order valence-electron chi connectivity index (χ0n) is 10.8. The molecule has 2 rings (SSSR count). The predicted molar refractivity (Wildman–Crippen MR) is 70.7 cm³/mol. The third-order valence-corrected chi connectivity index (χ3v) is 2.53. The summed E-state index contributed by atoms with van der Waals surface area (Å²) in [6.07, 6.45) is 2.50. The van der Waals surface area contributed by atoms with Crippen molar-refractivity contribution < 1.29 is 18.7 Å². The van der Waals surface area contributed by atoms with Crippen molar-refractivity contribution in [1.29, 1.82) is 0 Å². The highest BCUT2D eigenvalue weighted by atomic mass is 19.1. The molecular formula is C14H13FN2O3. The van der Waals surface area contributed by atoms with Crippen LogP contribution in [0.15, 0.2) is 36.7 Å². The standard InChI is InChI=1S/C14H13FN2O3/c1-19-13-4-10(3-12(16)5-13)14(18)20-8-9-2-11(15)7-17-6-9/h2-7H,8,16H2,1H3. The van der Waals surface area contributed by atoms with E-state index in [1.54, 1.807) is 6.07 Å². The lowest BCUT2D eigenvalue weighted by Gasteiger charge is -2.07. The molecule has 0 aliphatic rings. The van der Waals surface area contributed by atoms with Gasteiger partial charge in [-0.3, -0.25) is 4.98 Å². The molecule has 0 bridgehead atoms. The van der Waals surface area contributed by atoms with E-state index >= 15 is 0 Å². The summed E-state index contributed by atoms with van der Waals surface area (Å²) in [5.41, 5.74) is 6.78. The average Bonchev–Trinajstić information content (AvgIpc) is 2.44. The molecule has 0 atom stereocenters. The van der Waals surface area contributed by atoms with E-state index in [1.807, 2.05) is 0 Å². The Bertz CT molecular complexity index is 632. The SMILES string of the molecule is COc1cc(N)cc(C(=O)OCc2cncc(F)c2)c1. The molecule has 5 nitrogen and oxygen atoms in total. The number of hydrogen-bond acceptors (Lipinski definition) is 5. The highest BCUT2D eigenvalue weighted by Crippen LogP contribution is 2.19. The van der Waals surface area contributed by atoms with Gasteiger partial charge in [0, 0.05) is 23.5 Å². The van der Waals surface area contributed by atoms with Crippen LogP contribution in [0.3, 0.4) is 0 Å². The number of benzene rings is 1. The first-order chi connectivity index (χ1) is 9.58. The van der Waals surface area contributed by atoms with Gasteiger partial charge in [0.15, 0.2) is 0 Å². The number of halogens is 1. The molecule has 104 valence electrons. The van der Waals surface area contributed by atoms with Crippen LogP contribution in [0, 0.1) is 5.82 Å². The Morgan fingerprint density at radius 1 is 1.30 bits per heavy atom. The molecule has 0 saturated heterocycles. The number of rotatable bonds is 4. The molecule has 1 heterocycles. The van der Waals surface area contributed by atoms with Crippen molar-refractivity contribution in [2.24, 2.45) is 0 Å². The number of pyridine rings is 1. The number of hydrogen-bond donors (Lipinski definition) is 1. The molecule has 2 N–H and O–H groups in total. The van der Waals surface area contributed by atoms with Crippen LogP contribution in [0.1, 0.15) is 15.9 Å². The Kier molecular flexibility index (Phi) is 4.14. The minimum absolute atomic E-state index is 0.0687. The average molecular weight is 276 g/mol. The van der Waals surface area contributed by atoms with Gasteiger partial charge in [-0.1, -0.05) is 0 Å². The predicted octanol–water partition coefficient (Wildman–Crippen LogP) is 2.17. The molecule has 0 fully saturated rings. The van der Waals surface area contributed by atoms with Crippen LogP contribution >= 0.6 is 0 Å². The molecule has 0 spiro atoms. The normalized spacial score (nSPS) is 10.1. The summed E-state index contributed by atoms with van der Waals surface area (Å²) >= 11 is 0. The van der Waals surface area contributed by atoms with Gasteiger partial charge in [0.2, 0.25) is 0 Å². The second-order valence-corrected chi connectivity index (χ2v) is 4.08. The summed E-state index contributed by atoms with van der Waals surface area (Å²) < 4.78 is 23.0. The fourth-order valence-corrected chi connectivity index (χ4v) is 1.62. The van der Waals surface area contributed by atoms with E-state index in [4.69, 9.17) is 15.2 Å². The van der Waals surface area contributed by atoms with Crippen LogP contribution in [-0.2, 0) is 11.3 Å². The number of nitrogen functional groups attached to an aromatic ring is 1. The van der Waals surface area contributed by atoms with E-state index in [2.05, 4.69) is 4.98 Å². The maximum atomic E-state index is 12.9. The summed E-state index contributed by atoms with van der Waals surface area (Å²) in [5, 5.41) is 0. The van der Waals surface area contributed by atoms with Crippen molar-refractivity contribution in [3.8, 4) is 5.75 Å². The topological polar surface area (TPSA) is 74.4 Å².